The number of aromatic amines is 1. The third-order valence-electron chi connectivity index (χ3n) is 2.19. The fraction of sp³-hybridized carbons (Fsp3) is 0.0909. The monoisotopic (exact) mass is 269 g/mol. The molecular weight excluding hydrogens is 261 g/mol. The molecule has 4 heteroatoms. The number of halogens is 2. The highest BCUT2D eigenvalue weighted by Crippen LogP contribution is 2.27. The van der Waals surface area contributed by atoms with E-state index in [1.54, 1.807) is 36.5 Å². The van der Waals surface area contributed by atoms with E-state index >= 15 is 0 Å². The third kappa shape index (κ3) is 1.96. The molecular formula is C11H9BrFNO. The Balaban J connectivity index is 2.42. The lowest BCUT2D eigenvalue weighted by atomic mass is 10.1. The minimum atomic E-state index is -0.961. The maximum atomic E-state index is 13.6. The van der Waals surface area contributed by atoms with Crippen LogP contribution in [0.4, 0.5) is 4.39 Å². The van der Waals surface area contributed by atoms with E-state index in [1.807, 2.05) is 0 Å². The number of rotatable bonds is 2. The standard InChI is InChI=1S/C11H9BrFNO/c12-8-4-1-3-7(10(8)13)11(15)9-5-2-6-14-9/h1-6,11,14-15H. The second-order valence-corrected chi connectivity index (χ2v) is 4.03. The van der Waals surface area contributed by atoms with Gasteiger partial charge in [0.2, 0.25) is 0 Å². The Bertz CT molecular complexity index is 456. The molecule has 0 aliphatic rings. The van der Waals surface area contributed by atoms with Gasteiger partial charge >= 0.3 is 0 Å². The zero-order valence-corrected chi connectivity index (χ0v) is 9.33. The Morgan fingerprint density at radius 1 is 1.27 bits per heavy atom. The molecule has 15 heavy (non-hydrogen) atoms. The minimum absolute atomic E-state index is 0.256. The molecule has 1 aromatic carbocycles. The summed E-state index contributed by atoms with van der Waals surface area (Å²) in [7, 11) is 0. The predicted octanol–water partition coefficient (Wildman–Crippen LogP) is 3.00. The highest BCUT2D eigenvalue weighted by molar-refractivity contribution is 9.10. The molecule has 0 aliphatic carbocycles. The van der Waals surface area contributed by atoms with E-state index in [9.17, 15) is 9.50 Å². The van der Waals surface area contributed by atoms with E-state index in [0.29, 0.717) is 10.2 Å². The van der Waals surface area contributed by atoms with Crippen LogP contribution in [0.5, 0.6) is 0 Å². The van der Waals surface area contributed by atoms with Crippen molar-refractivity contribution in [3.05, 3.63) is 58.1 Å². The molecule has 0 saturated carbocycles. The van der Waals surface area contributed by atoms with Crippen molar-refractivity contribution in [2.75, 3.05) is 0 Å². The first-order valence-corrected chi connectivity index (χ1v) is 5.24. The smallest absolute Gasteiger partial charge is 0.143 e. The van der Waals surface area contributed by atoms with E-state index < -0.39 is 11.9 Å². The molecule has 1 aromatic heterocycles. The zero-order chi connectivity index (χ0) is 10.8. The van der Waals surface area contributed by atoms with Gasteiger partial charge in [0.15, 0.2) is 0 Å². The average Bonchev–Trinajstić information content (AvgIpc) is 2.74. The van der Waals surface area contributed by atoms with E-state index in [2.05, 4.69) is 20.9 Å². The van der Waals surface area contributed by atoms with Crippen molar-refractivity contribution in [1.29, 1.82) is 0 Å². The fourth-order valence-electron chi connectivity index (χ4n) is 1.41. The van der Waals surface area contributed by atoms with Crippen molar-refractivity contribution in [2.24, 2.45) is 0 Å². The van der Waals surface area contributed by atoms with Gasteiger partial charge in [-0.1, -0.05) is 12.1 Å². The number of aromatic nitrogens is 1. The molecule has 1 heterocycles. The summed E-state index contributed by atoms with van der Waals surface area (Å²) in [5.41, 5.74) is 0.832. The van der Waals surface area contributed by atoms with E-state index in [1.165, 1.54) is 0 Å². The minimum Gasteiger partial charge on any atom is -0.382 e. The molecule has 2 nitrogen and oxygen atoms in total. The van der Waals surface area contributed by atoms with Crippen LogP contribution in [0, 0.1) is 5.82 Å². The Morgan fingerprint density at radius 2 is 2.07 bits per heavy atom. The maximum Gasteiger partial charge on any atom is 0.143 e. The van der Waals surface area contributed by atoms with Gasteiger partial charge in [0, 0.05) is 17.5 Å². The molecule has 78 valence electrons. The van der Waals surface area contributed by atoms with E-state index in [-0.39, 0.29) is 5.56 Å². The molecule has 1 unspecified atom stereocenters. The van der Waals surface area contributed by atoms with Crippen LogP contribution in [-0.4, -0.2) is 10.1 Å². The predicted molar refractivity (Wildman–Crippen MR) is 59.0 cm³/mol. The van der Waals surface area contributed by atoms with Crippen LogP contribution in [0.2, 0.25) is 0 Å². The van der Waals surface area contributed by atoms with E-state index in [4.69, 9.17) is 0 Å². The fourth-order valence-corrected chi connectivity index (χ4v) is 1.80. The summed E-state index contributed by atoms with van der Waals surface area (Å²) < 4.78 is 14.0. The van der Waals surface area contributed by atoms with Gasteiger partial charge in [0.1, 0.15) is 11.9 Å². The highest BCUT2D eigenvalue weighted by atomic mass is 79.9. The molecule has 2 aromatic rings. The summed E-state index contributed by atoms with van der Waals surface area (Å²) in [6.07, 6.45) is 0.728. The Kier molecular flexibility index (Phi) is 2.88. The average molecular weight is 270 g/mol. The van der Waals surface area contributed by atoms with Crippen LogP contribution in [0.15, 0.2) is 41.0 Å². The number of nitrogens with one attached hydrogen (secondary N) is 1. The normalized spacial score (nSPS) is 12.7. The Labute approximate surface area is 94.9 Å². The van der Waals surface area contributed by atoms with Crippen molar-refractivity contribution in [1.82, 2.24) is 4.98 Å². The quantitative estimate of drug-likeness (QED) is 0.864. The lowest BCUT2D eigenvalue weighted by molar-refractivity contribution is 0.210. The van der Waals surface area contributed by atoms with Gasteiger partial charge in [-0.15, -0.1) is 0 Å². The van der Waals surface area contributed by atoms with Crippen LogP contribution in [-0.2, 0) is 0 Å². The van der Waals surface area contributed by atoms with Crippen molar-refractivity contribution < 1.29 is 9.50 Å². The van der Waals surface area contributed by atoms with Crippen molar-refractivity contribution in [2.45, 2.75) is 6.10 Å². The largest absolute Gasteiger partial charge is 0.382 e. The number of benzene rings is 1. The van der Waals surface area contributed by atoms with E-state index in [0.717, 1.165) is 0 Å². The first-order valence-electron chi connectivity index (χ1n) is 4.45. The summed E-state index contributed by atoms with van der Waals surface area (Å²) in [5.74, 6) is -0.431. The number of hydrogen-bond acceptors (Lipinski definition) is 1. The van der Waals surface area contributed by atoms with Crippen molar-refractivity contribution in [3.8, 4) is 0 Å². The van der Waals surface area contributed by atoms with Gasteiger partial charge < -0.3 is 10.1 Å². The van der Waals surface area contributed by atoms with Crippen LogP contribution in [0.25, 0.3) is 0 Å². The summed E-state index contributed by atoms with van der Waals surface area (Å²) >= 11 is 3.08. The maximum absolute atomic E-state index is 13.6. The lowest BCUT2D eigenvalue weighted by Crippen LogP contribution is -2.03. The zero-order valence-electron chi connectivity index (χ0n) is 7.74. The van der Waals surface area contributed by atoms with Crippen LogP contribution < -0.4 is 0 Å². The molecule has 1 atom stereocenters. The van der Waals surface area contributed by atoms with Crippen LogP contribution in [0.1, 0.15) is 17.4 Å². The topological polar surface area (TPSA) is 36.0 Å². The molecule has 2 rings (SSSR count). The number of hydrogen-bond donors (Lipinski definition) is 2. The molecule has 2 N–H and O–H groups in total. The number of H-pyrrole nitrogens is 1. The first-order chi connectivity index (χ1) is 7.20. The first kappa shape index (κ1) is 10.4. The van der Waals surface area contributed by atoms with Crippen LogP contribution >= 0.6 is 15.9 Å². The van der Waals surface area contributed by atoms with Gasteiger partial charge in [-0.25, -0.2) is 4.39 Å². The summed E-state index contributed by atoms with van der Waals surface area (Å²) in [5, 5.41) is 9.89. The highest BCUT2D eigenvalue weighted by Gasteiger charge is 2.16. The van der Waals surface area contributed by atoms with Gasteiger partial charge in [-0.05, 0) is 34.1 Å². The number of aliphatic hydroxyl groups excluding tert-OH is 1. The second kappa shape index (κ2) is 4.16. The summed E-state index contributed by atoms with van der Waals surface area (Å²) in [6.45, 7) is 0. The van der Waals surface area contributed by atoms with Crippen LogP contribution in [0.3, 0.4) is 0 Å². The number of aliphatic hydroxyl groups is 1. The van der Waals surface area contributed by atoms with Gasteiger partial charge in [0.25, 0.3) is 0 Å². The summed E-state index contributed by atoms with van der Waals surface area (Å²) in [4.78, 5) is 2.85. The SMILES string of the molecule is OC(c1ccc[nH]1)c1cccc(Br)c1F. The molecule has 0 radical (unpaired) electrons. The third-order valence-corrected chi connectivity index (χ3v) is 2.81. The Morgan fingerprint density at radius 3 is 2.73 bits per heavy atom. The molecule has 0 amide bonds. The van der Waals surface area contributed by atoms with Gasteiger partial charge in [0.05, 0.1) is 4.47 Å². The molecule has 0 fully saturated rings. The lowest BCUT2D eigenvalue weighted by Gasteiger charge is -2.10. The van der Waals surface area contributed by atoms with Crippen molar-refractivity contribution >= 4 is 15.9 Å². The molecule has 0 saturated heterocycles. The second-order valence-electron chi connectivity index (χ2n) is 3.17. The summed E-state index contributed by atoms with van der Waals surface area (Å²) in [6, 6.07) is 8.32. The van der Waals surface area contributed by atoms with Crippen molar-refractivity contribution in [3.63, 3.8) is 0 Å². The molecule has 0 spiro atoms. The van der Waals surface area contributed by atoms with Gasteiger partial charge in [-0.3, -0.25) is 0 Å². The Hall–Kier alpha value is -1.13. The van der Waals surface area contributed by atoms with Gasteiger partial charge in [-0.2, -0.15) is 0 Å². The molecule has 0 bridgehead atoms. The molecule has 0 aliphatic heterocycles.